The summed E-state index contributed by atoms with van der Waals surface area (Å²) in [6.45, 7) is 2.05. The van der Waals surface area contributed by atoms with Gasteiger partial charge < -0.3 is 5.73 Å². The summed E-state index contributed by atoms with van der Waals surface area (Å²) < 4.78 is 13.2. The molecule has 15 heavy (non-hydrogen) atoms. The van der Waals surface area contributed by atoms with Crippen molar-refractivity contribution in [2.45, 2.75) is 44.6 Å². The second kappa shape index (κ2) is 3.93. The molecule has 1 fully saturated rings. The molecule has 1 aromatic carbocycles. The molecule has 0 heterocycles. The molecule has 0 unspecified atom stereocenters. The zero-order chi connectivity index (χ0) is 10.9. The topological polar surface area (TPSA) is 26.0 Å². The maximum Gasteiger partial charge on any atom is 0.123 e. The van der Waals surface area contributed by atoms with Crippen LogP contribution in [-0.4, -0.2) is 5.54 Å². The van der Waals surface area contributed by atoms with Gasteiger partial charge in [-0.25, -0.2) is 4.39 Å². The van der Waals surface area contributed by atoms with Crippen LogP contribution in [0.25, 0.3) is 0 Å². The van der Waals surface area contributed by atoms with E-state index in [-0.39, 0.29) is 11.4 Å². The van der Waals surface area contributed by atoms with Crippen molar-refractivity contribution in [3.8, 4) is 0 Å². The molecule has 0 aromatic heterocycles. The van der Waals surface area contributed by atoms with Crippen molar-refractivity contribution in [3.63, 3.8) is 0 Å². The minimum absolute atomic E-state index is 0.0682. The second-order valence-electron chi connectivity index (χ2n) is 4.68. The highest BCUT2D eigenvalue weighted by Crippen LogP contribution is 2.36. The van der Waals surface area contributed by atoms with Crippen LogP contribution in [0.3, 0.4) is 0 Å². The first kappa shape index (κ1) is 10.6. The van der Waals surface area contributed by atoms with Crippen LogP contribution in [0.5, 0.6) is 0 Å². The Hall–Kier alpha value is -0.890. The molecular formula is C13H18FN. The first-order valence-electron chi connectivity index (χ1n) is 5.68. The maximum absolute atomic E-state index is 13.2. The summed E-state index contributed by atoms with van der Waals surface area (Å²) in [5, 5.41) is 0. The van der Waals surface area contributed by atoms with Gasteiger partial charge in [0.25, 0.3) is 0 Å². The monoisotopic (exact) mass is 207 g/mol. The van der Waals surface area contributed by atoms with Gasteiger partial charge in [-0.15, -0.1) is 0 Å². The zero-order valence-electron chi connectivity index (χ0n) is 9.22. The van der Waals surface area contributed by atoms with Crippen LogP contribution in [-0.2, 0) is 12.8 Å². The van der Waals surface area contributed by atoms with Gasteiger partial charge in [0.15, 0.2) is 0 Å². The Morgan fingerprint density at radius 3 is 2.53 bits per heavy atom. The molecule has 1 aromatic rings. The van der Waals surface area contributed by atoms with E-state index in [9.17, 15) is 4.39 Å². The zero-order valence-corrected chi connectivity index (χ0v) is 9.22. The summed E-state index contributed by atoms with van der Waals surface area (Å²) in [7, 11) is 0. The van der Waals surface area contributed by atoms with E-state index >= 15 is 0 Å². The van der Waals surface area contributed by atoms with Gasteiger partial charge in [-0.1, -0.05) is 13.0 Å². The summed E-state index contributed by atoms with van der Waals surface area (Å²) in [5.74, 6) is -0.119. The lowest BCUT2D eigenvalue weighted by Crippen LogP contribution is -2.22. The van der Waals surface area contributed by atoms with Gasteiger partial charge in [-0.05, 0) is 55.4 Å². The van der Waals surface area contributed by atoms with E-state index in [0.29, 0.717) is 0 Å². The minimum Gasteiger partial charge on any atom is -0.325 e. The number of rotatable bonds is 4. The predicted molar refractivity (Wildman–Crippen MR) is 60.3 cm³/mol. The quantitative estimate of drug-likeness (QED) is 0.807. The van der Waals surface area contributed by atoms with Crippen LogP contribution in [0, 0.1) is 5.82 Å². The van der Waals surface area contributed by atoms with Crippen LogP contribution < -0.4 is 5.73 Å². The first-order valence-corrected chi connectivity index (χ1v) is 5.68. The van der Waals surface area contributed by atoms with Gasteiger partial charge in [0.05, 0.1) is 0 Å². The maximum atomic E-state index is 13.2. The van der Waals surface area contributed by atoms with Gasteiger partial charge in [-0.3, -0.25) is 0 Å². The van der Waals surface area contributed by atoms with Crippen molar-refractivity contribution in [3.05, 3.63) is 35.1 Å². The average Bonchev–Trinajstić information content (AvgIpc) is 2.94. The average molecular weight is 207 g/mol. The number of hydrogen-bond donors (Lipinski definition) is 1. The third-order valence-electron chi connectivity index (χ3n) is 3.23. The van der Waals surface area contributed by atoms with Crippen molar-refractivity contribution >= 4 is 0 Å². The molecule has 1 aliphatic carbocycles. The van der Waals surface area contributed by atoms with Gasteiger partial charge in [0, 0.05) is 5.54 Å². The Bertz CT molecular complexity index is 356. The fourth-order valence-corrected chi connectivity index (χ4v) is 1.87. The molecule has 0 bridgehead atoms. The van der Waals surface area contributed by atoms with Gasteiger partial charge in [0.1, 0.15) is 5.82 Å². The van der Waals surface area contributed by atoms with E-state index in [0.717, 1.165) is 43.2 Å². The fourth-order valence-electron chi connectivity index (χ4n) is 1.87. The molecule has 0 saturated heterocycles. The van der Waals surface area contributed by atoms with Crippen molar-refractivity contribution in [1.82, 2.24) is 0 Å². The Labute approximate surface area is 90.5 Å². The largest absolute Gasteiger partial charge is 0.325 e. The molecule has 1 aliphatic rings. The number of nitrogens with two attached hydrogens (primary N) is 1. The predicted octanol–water partition coefficient (Wildman–Crippen LogP) is 2.81. The number of halogens is 1. The summed E-state index contributed by atoms with van der Waals surface area (Å²) in [6, 6.07) is 5.33. The highest BCUT2D eigenvalue weighted by atomic mass is 19.1. The lowest BCUT2D eigenvalue weighted by molar-refractivity contribution is 0.598. The van der Waals surface area contributed by atoms with Crippen LogP contribution in [0.4, 0.5) is 4.39 Å². The van der Waals surface area contributed by atoms with Crippen molar-refractivity contribution in [2.24, 2.45) is 5.73 Å². The Balaban J connectivity index is 2.03. The molecule has 0 aliphatic heterocycles. The third-order valence-corrected chi connectivity index (χ3v) is 3.23. The van der Waals surface area contributed by atoms with Crippen LogP contribution in [0.2, 0.25) is 0 Å². The lowest BCUT2D eigenvalue weighted by atomic mass is 10.0. The number of aryl methyl sites for hydroxylation is 2. The van der Waals surface area contributed by atoms with Gasteiger partial charge in [-0.2, -0.15) is 0 Å². The molecule has 0 amide bonds. The SMILES string of the molecule is CCc1cc(F)cc(CCC2(N)CC2)c1. The standard InChI is InChI=1S/C13H18FN/c1-2-10-7-11(9-12(14)8-10)3-4-13(15)5-6-13/h7-9H,2-6,15H2,1H3. The second-order valence-corrected chi connectivity index (χ2v) is 4.68. The Kier molecular flexibility index (Phi) is 2.79. The van der Waals surface area contributed by atoms with Gasteiger partial charge in [0.2, 0.25) is 0 Å². The molecule has 0 spiro atoms. The summed E-state index contributed by atoms with van der Waals surface area (Å²) in [4.78, 5) is 0. The number of hydrogen-bond acceptors (Lipinski definition) is 1. The van der Waals surface area contributed by atoms with E-state index < -0.39 is 0 Å². The van der Waals surface area contributed by atoms with Crippen molar-refractivity contribution in [1.29, 1.82) is 0 Å². The molecule has 82 valence electrons. The third kappa shape index (κ3) is 2.78. The minimum atomic E-state index is -0.119. The van der Waals surface area contributed by atoms with Crippen molar-refractivity contribution in [2.75, 3.05) is 0 Å². The molecule has 2 heteroatoms. The first-order chi connectivity index (χ1) is 7.11. The molecule has 1 saturated carbocycles. The van der Waals surface area contributed by atoms with E-state index in [1.54, 1.807) is 12.1 Å². The van der Waals surface area contributed by atoms with Gasteiger partial charge >= 0.3 is 0 Å². The highest BCUT2D eigenvalue weighted by molar-refractivity contribution is 5.25. The van der Waals surface area contributed by atoms with E-state index in [1.165, 1.54) is 0 Å². The normalized spacial score (nSPS) is 17.8. The Morgan fingerprint density at radius 1 is 1.27 bits per heavy atom. The molecule has 0 radical (unpaired) electrons. The van der Waals surface area contributed by atoms with Crippen LogP contribution in [0.15, 0.2) is 18.2 Å². The van der Waals surface area contributed by atoms with Crippen LogP contribution in [0.1, 0.15) is 37.3 Å². The molecule has 2 N–H and O–H groups in total. The molecular weight excluding hydrogens is 189 g/mol. The smallest absolute Gasteiger partial charge is 0.123 e. The lowest BCUT2D eigenvalue weighted by Gasteiger charge is -2.09. The summed E-state index contributed by atoms with van der Waals surface area (Å²) >= 11 is 0. The van der Waals surface area contributed by atoms with E-state index in [4.69, 9.17) is 5.73 Å². The van der Waals surface area contributed by atoms with Crippen molar-refractivity contribution < 1.29 is 4.39 Å². The molecule has 2 rings (SSSR count). The summed E-state index contributed by atoms with van der Waals surface area (Å²) in [6.07, 6.45) is 5.03. The fraction of sp³-hybridized carbons (Fsp3) is 0.538. The molecule has 1 nitrogen and oxygen atoms in total. The summed E-state index contributed by atoms with van der Waals surface area (Å²) in [5.41, 5.74) is 8.24. The van der Waals surface area contributed by atoms with Crippen LogP contribution >= 0.6 is 0 Å². The molecule has 0 atom stereocenters. The Morgan fingerprint density at radius 2 is 1.93 bits per heavy atom. The van der Waals surface area contributed by atoms with E-state index in [1.807, 2.05) is 6.92 Å². The highest BCUT2D eigenvalue weighted by Gasteiger charge is 2.37. The van der Waals surface area contributed by atoms with E-state index in [2.05, 4.69) is 6.07 Å². The number of benzene rings is 1.